The first-order valence-corrected chi connectivity index (χ1v) is 9.04. The smallest absolute Gasteiger partial charge is 0.261 e. The molecule has 0 fully saturated rings. The summed E-state index contributed by atoms with van der Waals surface area (Å²) in [4.78, 5) is 19.3. The van der Waals surface area contributed by atoms with E-state index >= 15 is 0 Å². The van der Waals surface area contributed by atoms with Crippen LogP contribution in [0.4, 0.5) is 5.13 Å². The summed E-state index contributed by atoms with van der Waals surface area (Å²) in [6.07, 6.45) is 0.844. The summed E-state index contributed by atoms with van der Waals surface area (Å²) < 4.78 is 0. The van der Waals surface area contributed by atoms with E-state index in [2.05, 4.69) is 4.98 Å². The molecule has 24 heavy (non-hydrogen) atoms. The lowest BCUT2D eigenvalue weighted by Crippen LogP contribution is -2.31. The highest BCUT2D eigenvalue weighted by molar-refractivity contribution is 7.14. The largest absolute Gasteiger partial charge is 0.284 e. The molecule has 0 saturated heterocycles. The van der Waals surface area contributed by atoms with Crippen molar-refractivity contribution in [1.29, 1.82) is 0 Å². The minimum Gasteiger partial charge on any atom is -0.284 e. The Morgan fingerprint density at radius 2 is 1.83 bits per heavy atom. The number of benzene rings is 2. The monoisotopic (exact) mass is 356 g/mol. The highest BCUT2D eigenvalue weighted by Gasteiger charge is 2.22. The van der Waals surface area contributed by atoms with Crippen LogP contribution in [0, 0.1) is 0 Å². The maximum absolute atomic E-state index is 12.9. The van der Waals surface area contributed by atoms with Gasteiger partial charge < -0.3 is 0 Å². The van der Waals surface area contributed by atoms with E-state index in [1.165, 1.54) is 11.3 Å². The van der Waals surface area contributed by atoms with Gasteiger partial charge in [-0.25, -0.2) is 4.98 Å². The van der Waals surface area contributed by atoms with Gasteiger partial charge in [-0.1, -0.05) is 61.0 Å². The highest BCUT2D eigenvalue weighted by atomic mass is 35.5. The van der Waals surface area contributed by atoms with Crippen molar-refractivity contribution in [3.8, 4) is 11.3 Å². The average Bonchev–Trinajstić information content (AvgIpc) is 3.10. The van der Waals surface area contributed by atoms with Gasteiger partial charge in [-0.05, 0) is 18.6 Å². The van der Waals surface area contributed by atoms with E-state index in [0.717, 1.165) is 17.7 Å². The van der Waals surface area contributed by atoms with E-state index in [-0.39, 0.29) is 5.91 Å². The van der Waals surface area contributed by atoms with Gasteiger partial charge in [0.15, 0.2) is 5.13 Å². The SMILES string of the molecule is CCCN(C(=O)c1ccccc1Cl)c1nc(-c2ccccc2)cs1. The molecule has 1 heterocycles. The van der Waals surface area contributed by atoms with Crippen LogP contribution in [-0.2, 0) is 0 Å². The molecule has 2 aromatic carbocycles. The number of hydrogen-bond acceptors (Lipinski definition) is 3. The van der Waals surface area contributed by atoms with Crippen molar-refractivity contribution in [2.75, 3.05) is 11.4 Å². The fourth-order valence-electron chi connectivity index (χ4n) is 2.42. The number of aromatic nitrogens is 1. The van der Waals surface area contributed by atoms with Gasteiger partial charge in [0.2, 0.25) is 0 Å². The summed E-state index contributed by atoms with van der Waals surface area (Å²) in [5.74, 6) is -0.114. The van der Waals surface area contributed by atoms with Crippen LogP contribution >= 0.6 is 22.9 Å². The summed E-state index contributed by atoms with van der Waals surface area (Å²) in [7, 11) is 0. The third-order valence-electron chi connectivity index (χ3n) is 3.59. The van der Waals surface area contributed by atoms with Crippen molar-refractivity contribution in [2.24, 2.45) is 0 Å². The van der Waals surface area contributed by atoms with Gasteiger partial charge in [-0.3, -0.25) is 9.69 Å². The van der Waals surface area contributed by atoms with Crippen molar-refractivity contribution in [1.82, 2.24) is 4.98 Å². The Kier molecular flexibility index (Phi) is 5.28. The normalized spacial score (nSPS) is 10.6. The molecule has 5 heteroatoms. The summed E-state index contributed by atoms with van der Waals surface area (Å²) in [6.45, 7) is 2.64. The second-order valence-corrected chi connectivity index (χ2v) is 6.56. The van der Waals surface area contributed by atoms with Gasteiger partial charge in [-0.15, -0.1) is 11.3 Å². The maximum Gasteiger partial charge on any atom is 0.261 e. The Labute approximate surface area is 150 Å². The molecule has 3 aromatic rings. The molecular weight excluding hydrogens is 340 g/mol. The van der Waals surface area contributed by atoms with E-state index in [9.17, 15) is 4.79 Å². The van der Waals surface area contributed by atoms with Gasteiger partial charge in [0.25, 0.3) is 5.91 Å². The molecule has 3 rings (SSSR count). The number of nitrogens with zero attached hydrogens (tertiary/aromatic N) is 2. The predicted molar refractivity (Wildman–Crippen MR) is 101 cm³/mol. The van der Waals surface area contributed by atoms with E-state index in [1.807, 2.05) is 54.8 Å². The second-order valence-electron chi connectivity index (χ2n) is 5.32. The molecule has 0 spiro atoms. The Morgan fingerprint density at radius 3 is 2.54 bits per heavy atom. The number of halogens is 1. The van der Waals surface area contributed by atoms with Crippen LogP contribution in [0.15, 0.2) is 60.0 Å². The minimum atomic E-state index is -0.114. The van der Waals surface area contributed by atoms with Gasteiger partial charge in [0, 0.05) is 17.5 Å². The van der Waals surface area contributed by atoms with Crippen LogP contribution in [0.1, 0.15) is 23.7 Å². The van der Waals surface area contributed by atoms with Crippen molar-refractivity contribution < 1.29 is 4.79 Å². The van der Waals surface area contributed by atoms with Crippen LogP contribution in [0.3, 0.4) is 0 Å². The first-order chi connectivity index (χ1) is 11.7. The lowest BCUT2D eigenvalue weighted by molar-refractivity contribution is 0.0987. The average molecular weight is 357 g/mol. The Hall–Kier alpha value is -2.17. The lowest BCUT2D eigenvalue weighted by atomic mass is 10.2. The van der Waals surface area contributed by atoms with Crippen LogP contribution < -0.4 is 4.90 Å². The first-order valence-electron chi connectivity index (χ1n) is 7.78. The van der Waals surface area contributed by atoms with Crippen molar-refractivity contribution in [3.63, 3.8) is 0 Å². The van der Waals surface area contributed by atoms with Crippen LogP contribution in [0.2, 0.25) is 5.02 Å². The molecule has 0 bridgehead atoms. The van der Waals surface area contributed by atoms with Gasteiger partial charge in [0.1, 0.15) is 0 Å². The molecule has 0 unspecified atom stereocenters. The van der Waals surface area contributed by atoms with E-state index < -0.39 is 0 Å². The molecule has 0 radical (unpaired) electrons. The third-order valence-corrected chi connectivity index (χ3v) is 4.78. The zero-order chi connectivity index (χ0) is 16.9. The quantitative estimate of drug-likeness (QED) is 0.603. The lowest BCUT2D eigenvalue weighted by Gasteiger charge is -2.19. The van der Waals surface area contributed by atoms with E-state index in [4.69, 9.17) is 11.6 Å². The zero-order valence-electron chi connectivity index (χ0n) is 13.3. The summed E-state index contributed by atoms with van der Waals surface area (Å²) in [5.41, 5.74) is 2.43. The molecule has 122 valence electrons. The van der Waals surface area contributed by atoms with Gasteiger partial charge in [-0.2, -0.15) is 0 Å². The fourth-order valence-corrected chi connectivity index (χ4v) is 3.49. The maximum atomic E-state index is 12.9. The molecule has 1 amide bonds. The Balaban J connectivity index is 1.93. The van der Waals surface area contributed by atoms with Crippen molar-refractivity contribution in [2.45, 2.75) is 13.3 Å². The van der Waals surface area contributed by atoms with E-state index in [1.54, 1.807) is 17.0 Å². The van der Waals surface area contributed by atoms with Crippen LogP contribution in [0.5, 0.6) is 0 Å². The number of hydrogen-bond donors (Lipinski definition) is 0. The number of thiazole rings is 1. The predicted octanol–water partition coefficient (Wildman–Crippen LogP) is 5.52. The molecule has 0 aliphatic carbocycles. The summed E-state index contributed by atoms with van der Waals surface area (Å²) in [5, 5.41) is 3.14. The number of carbonyl (C=O) groups is 1. The molecule has 0 saturated carbocycles. The number of anilines is 1. The molecule has 0 aliphatic heterocycles. The fraction of sp³-hybridized carbons (Fsp3) is 0.158. The Bertz CT molecular complexity index is 832. The molecule has 0 N–H and O–H groups in total. The zero-order valence-corrected chi connectivity index (χ0v) is 14.8. The topological polar surface area (TPSA) is 33.2 Å². The number of amides is 1. The number of carbonyl (C=O) groups excluding carboxylic acids is 1. The molecule has 1 aromatic heterocycles. The van der Waals surface area contributed by atoms with Crippen molar-refractivity contribution >= 4 is 34.0 Å². The third kappa shape index (κ3) is 3.50. The summed E-state index contributed by atoms with van der Waals surface area (Å²) in [6, 6.07) is 17.1. The van der Waals surface area contributed by atoms with Crippen molar-refractivity contribution in [3.05, 3.63) is 70.6 Å². The van der Waals surface area contributed by atoms with Crippen LogP contribution in [-0.4, -0.2) is 17.4 Å². The van der Waals surface area contributed by atoms with Gasteiger partial charge in [0.05, 0.1) is 16.3 Å². The number of rotatable bonds is 5. The highest BCUT2D eigenvalue weighted by Crippen LogP contribution is 2.29. The summed E-state index contributed by atoms with van der Waals surface area (Å²) >= 11 is 7.66. The van der Waals surface area contributed by atoms with E-state index in [0.29, 0.717) is 22.3 Å². The standard InChI is InChI=1S/C19H17ClN2OS/c1-2-12-22(18(23)15-10-6-7-11-16(15)20)19-21-17(13-24-19)14-8-4-3-5-9-14/h3-11,13H,2,12H2,1H3. The minimum absolute atomic E-state index is 0.114. The Morgan fingerprint density at radius 1 is 1.12 bits per heavy atom. The molecule has 0 atom stereocenters. The van der Waals surface area contributed by atoms with Gasteiger partial charge >= 0.3 is 0 Å². The second kappa shape index (κ2) is 7.60. The first kappa shape index (κ1) is 16.7. The molecular formula is C19H17ClN2OS. The molecule has 3 nitrogen and oxygen atoms in total. The van der Waals surface area contributed by atoms with Crippen LogP contribution in [0.25, 0.3) is 11.3 Å². The molecule has 0 aliphatic rings.